The predicted molar refractivity (Wildman–Crippen MR) is 70.4 cm³/mol. The van der Waals surface area contributed by atoms with E-state index in [9.17, 15) is 9.59 Å². The van der Waals surface area contributed by atoms with Gasteiger partial charge in [0.2, 0.25) is 11.8 Å². The van der Waals surface area contributed by atoms with Gasteiger partial charge in [0.15, 0.2) is 0 Å². The average Bonchev–Trinajstić information content (AvgIpc) is 2.09. The molecule has 0 atom stereocenters. The van der Waals surface area contributed by atoms with Crippen molar-refractivity contribution in [3.05, 3.63) is 26.6 Å². The third kappa shape index (κ3) is 2.71. The maximum Gasteiger partial charge on any atom is 0.230 e. The van der Waals surface area contributed by atoms with Crippen molar-refractivity contribution in [1.82, 2.24) is 0 Å². The Hall–Kier alpha value is -0.680. The van der Waals surface area contributed by atoms with Crippen molar-refractivity contribution in [2.45, 2.75) is 20.8 Å². The van der Waals surface area contributed by atoms with E-state index in [0.29, 0.717) is 14.6 Å². The molecule has 0 aliphatic carbocycles. The lowest BCUT2D eigenvalue weighted by molar-refractivity contribution is -0.124. The highest BCUT2D eigenvalue weighted by Crippen LogP contribution is 2.35. The van der Waals surface area contributed by atoms with E-state index in [1.807, 2.05) is 19.1 Å². The number of amides is 2. The van der Waals surface area contributed by atoms with Gasteiger partial charge in [-0.1, -0.05) is 0 Å². The number of rotatable bonds is 1. The number of benzene rings is 1. The van der Waals surface area contributed by atoms with Crippen LogP contribution in [-0.4, -0.2) is 11.8 Å². The first-order chi connectivity index (χ1) is 7.34. The molecule has 0 spiro atoms. The molecule has 0 bridgehead atoms. The molecule has 0 heterocycles. The van der Waals surface area contributed by atoms with Crippen LogP contribution in [0.2, 0.25) is 0 Å². The van der Waals surface area contributed by atoms with E-state index in [1.54, 1.807) is 0 Å². The number of nitrogens with zero attached hydrogens (tertiary/aromatic N) is 1. The lowest BCUT2D eigenvalue weighted by atomic mass is 10.2. The lowest BCUT2D eigenvalue weighted by Gasteiger charge is -2.20. The Balaban J connectivity index is 3.41. The number of anilines is 1. The Morgan fingerprint density at radius 3 is 1.75 bits per heavy atom. The molecule has 1 rings (SSSR count). The summed E-state index contributed by atoms with van der Waals surface area (Å²) in [5.41, 5.74) is 1.58. The van der Waals surface area contributed by atoms with Gasteiger partial charge in [-0.2, -0.15) is 0 Å². The summed E-state index contributed by atoms with van der Waals surface area (Å²) >= 11 is 6.72. The summed E-state index contributed by atoms with van der Waals surface area (Å²) in [6, 6.07) is 3.72. The molecular weight excluding hydrogens is 338 g/mol. The molecule has 0 aliphatic rings. The van der Waals surface area contributed by atoms with E-state index < -0.39 is 0 Å². The molecule has 0 saturated heterocycles. The minimum absolute atomic E-state index is 0.308. The number of carbonyl (C=O) groups is 2. The first-order valence-electron chi connectivity index (χ1n) is 4.61. The Bertz CT molecular complexity index is 420. The molecule has 0 N–H and O–H groups in total. The maximum absolute atomic E-state index is 11.4. The predicted octanol–water partition coefficient (Wildman–Crippen LogP) is 3.42. The number of hydrogen-bond acceptors (Lipinski definition) is 2. The number of aryl methyl sites for hydroxylation is 1. The maximum atomic E-state index is 11.4. The van der Waals surface area contributed by atoms with Gasteiger partial charge in [-0.05, 0) is 56.5 Å². The Kier molecular flexibility index (Phi) is 4.27. The molecule has 5 heteroatoms. The summed E-state index contributed by atoms with van der Waals surface area (Å²) in [4.78, 5) is 24.0. The summed E-state index contributed by atoms with van der Waals surface area (Å²) in [5, 5.41) is 0. The van der Waals surface area contributed by atoms with Crippen LogP contribution in [0.3, 0.4) is 0 Å². The van der Waals surface area contributed by atoms with Crippen LogP contribution < -0.4 is 4.90 Å². The first kappa shape index (κ1) is 13.4. The topological polar surface area (TPSA) is 37.4 Å². The Morgan fingerprint density at radius 2 is 1.44 bits per heavy atom. The second-order valence-corrected chi connectivity index (χ2v) is 5.16. The van der Waals surface area contributed by atoms with E-state index >= 15 is 0 Å². The molecule has 0 fully saturated rings. The molecule has 0 saturated carbocycles. The van der Waals surface area contributed by atoms with Gasteiger partial charge in [-0.3, -0.25) is 9.59 Å². The van der Waals surface area contributed by atoms with E-state index in [2.05, 4.69) is 31.9 Å². The van der Waals surface area contributed by atoms with Gasteiger partial charge in [0, 0.05) is 22.8 Å². The number of carbonyl (C=O) groups excluding carboxylic acids is 2. The minimum atomic E-state index is -0.308. The fourth-order valence-electron chi connectivity index (χ4n) is 1.44. The SMILES string of the molecule is CC(=O)N(C(C)=O)c1c(Br)cc(C)cc1Br. The van der Waals surface area contributed by atoms with Crippen LogP contribution in [0.25, 0.3) is 0 Å². The van der Waals surface area contributed by atoms with E-state index in [-0.39, 0.29) is 11.8 Å². The van der Waals surface area contributed by atoms with E-state index in [0.717, 1.165) is 10.5 Å². The van der Waals surface area contributed by atoms with Crippen molar-refractivity contribution in [3.63, 3.8) is 0 Å². The molecule has 2 amide bonds. The number of imide groups is 1. The second-order valence-electron chi connectivity index (χ2n) is 3.45. The molecule has 3 nitrogen and oxygen atoms in total. The molecule has 0 aromatic heterocycles. The highest BCUT2D eigenvalue weighted by atomic mass is 79.9. The minimum Gasteiger partial charge on any atom is -0.274 e. The van der Waals surface area contributed by atoms with Crippen LogP contribution in [0, 0.1) is 6.92 Å². The third-order valence-electron chi connectivity index (χ3n) is 2.01. The number of hydrogen-bond donors (Lipinski definition) is 0. The summed E-state index contributed by atoms with van der Waals surface area (Å²) in [5.74, 6) is -0.615. The number of halogens is 2. The van der Waals surface area contributed by atoms with Gasteiger partial charge in [-0.15, -0.1) is 0 Å². The third-order valence-corrected chi connectivity index (χ3v) is 3.22. The summed E-state index contributed by atoms with van der Waals surface area (Å²) in [7, 11) is 0. The van der Waals surface area contributed by atoms with Crippen molar-refractivity contribution >= 4 is 49.4 Å². The highest BCUT2D eigenvalue weighted by Gasteiger charge is 2.21. The quantitative estimate of drug-likeness (QED) is 0.779. The summed E-state index contributed by atoms with van der Waals surface area (Å²) in [6.45, 7) is 4.66. The van der Waals surface area contributed by atoms with Gasteiger partial charge in [0.05, 0.1) is 5.69 Å². The van der Waals surface area contributed by atoms with Crippen LogP contribution >= 0.6 is 31.9 Å². The fraction of sp³-hybridized carbons (Fsp3) is 0.273. The van der Waals surface area contributed by atoms with Gasteiger partial charge in [0.1, 0.15) is 0 Å². The first-order valence-corrected chi connectivity index (χ1v) is 6.20. The smallest absolute Gasteiger partial charge is 0.230 e. The van der Waals surface area contributed by atoms with Crippen molar-refractivity contribution in [2.24, 2.45) is 0 Å². The van der Waals surface area contributed by atoms with E-state index in [4.69, 9.17) is 0 Å². The second kappa shape index (κ2) is 5.10. The van der Waals surface area contributed by atoms with Crippen LogP contribution in [0.5, 0.6) is 0 Å². The van der Waals surface area contributed by atoms with Crippen LogP contribution in [0.15, 0.2) is 21.1 Å². The average molecular weight is 349 g/mol. The zero-order chi connectivity index (χ0) is 12.5. The van der Waals surface area contributed by atoms with Crippen molar-refractivity contribution in [2.75, 3.05) is 4.90 Å². The normalized spacial score (nSPS) is 10.1. The molecule has 0 radical (unpaired) electrons. The van der Waals surface area contributed by atoms with Gasteiger partial charge in [-0.25, -0.2) is 4.90 Å². The molecule has 16 heavy (non-hydrogen) atoms. The zero-order valence-corrected chi connectivity index (χ0v) is 12.3. The lowest BCUT2D eigenvalue weighted by Crippen LogP contribution is -2.33. The van der Waals surface area contributed by atoms with Crippen LogP contribution in [-0.2, 0) is 9.59 Å². The Labute approximate surface area is 111 Å². The molecule has 0 unspecified atom stereocenters. The molecular formula is C11H11Br2NO2. The van der Waals surface area contributed by atoms with Crippen LogP contribution in [0.4, 0.5) is 5.69 Å². The highest BCUT2D eigenvalue weighted by molar-refractivity contribution is 9.11. The van der Waals surface area contributed by atoms with Crippen molar-refractivity contribution in [1.29, 1.82) is 0 Å². The largest absolute Gasteiger partial charge is 0.274 e. The monoisotopic (exact) mass is 347 g/mol. The van der Waals surface area contributed by atoms with Crippen molar-refractivity contribution in [3.8, 4) is 0 Å². The molecule has 0 aliphatic heterocycles. The fourth-order valence-corrected chi connectivity index (χ4v) is 3.21. The van der Waals surface area contributed by atoms with Gasteiger partial charge >= 0.3 is 0 Å². The van der Waals surface area contributed by atoms with Crippen molar-refractivity contribution < 1.29 is 9.59 Å². The molecule has 1 aromatic rings. The Morgan fingerprint density at radius 1 is 1.06 bits per heavy atom. The van der Waals surface area contributed by atoms with Gasteiger partial charge < -0.3 is 0 Å². The summed E-state index contributed by atoms with van der Waals surface area (Å²) in [6.07, 6.45) is 0. The van der Waals surface area contributed by atoms with E-state index in [1.165, 1.54) is 13.8 Å². The molecule has 86 valence electrons. The standard InChI is InChI=1S/C11H11Br2NO2/c1-6-4-9(12)11(10(13)5-6)14(7(2)15)8(3)16/h4-5H,1-3H3. The van der Waals surface area contributed by atoms with Crippen LogP contribution in [0.1, 0.15) is 19.4 Å². The zero-order valence-electron chi connectivity index (χ0n) is 9.17. The van der Waals surface area contributed by atoms with Gasteiger partial charge in [0.25, 0.3) is 0 Å². The summed E-state index contributed by atoms with van der Waals surface area (Å²) < 4.78 is 1.43. The molecule has 1 aromatic carbocycles.